The highest BCUT2D eigenvalue weighted by molar-refractivity contribution is 5.97. The normalized spacial score (nSPS) is 15.5. The molecular formula is C25H22F3N7O. The smallest absolute Gasteiger partial charge is 0.383 e. The molecule has 8 nitrogen and oxygen atoms in total. The van der Waals surface area contributed by atoms with Gasteiger partial charge in [0.25, 0.3) is 5.91 Å². The SMILES string of the molecule is Cc1cc2ncc(C(=O)N(Cc3ccc(C(F)(F)F)cn3)[C@H]3CCCc4nccnc43)cc2nc1N. The molecule has 1 atom stereocenters. The van der Waals surface area contributed by atoms with Gasteiger partial charge in [-0.3, -0.25) is 24.7 Å². The molecule has 2 N–H and O–H groups in total. The van der Waals surface area contributed by atoms with Crippen LogP contribution in [-0.4, -0.2) is 35.7 Å². The van der Waals surface area contributed by atoms with Crippen LogP contribution in [0.2, 0.25) is 0 Å². The number of fused-ring (bicyclic) bond motifs is 2. The minimum absolute atomic E-state index is 0.0147. The lowest BCUT2D eigenvalue weighted by molar-refractivity contribution is -0.137. The lowest BCUT2D eigenvalue weighted by Gasteiger charge is -2.34. The number of aryl methyl sites for hydroxylation is 2. The second-order valence-corrected chi connectivity index (χ2v) is 8.72. The third-order valence-electron chi connectivity index (χ3n) is 6.28. The summed E-state index contributed by atoms with van der Waals surface area (Å²) in [6.45, 7) is 1.81. The highest BCUT2D eigenvalue weighted by Crippen LogP contribution is 2.34. The van der Waals surface area contributed by atoms with E-state index in [1.807, 2.05) is 6.92 Å². The summed E-state index contributed by atoms with van der Waals surface area (Å²) < 4.78 is 39.1. The first-order valence-electron chi connectivity index (χ1n) is 11.4. The van der Waals surface area contributed by atoms with E-state index in [1.165, 1.54) is 12.3 Å². The zero-order valence-corrected chi connectivity index (χ0v) is 19.3. The predicted octanol–water partition coefficient (Wildman–Crippen LogP) is 4.44. The van der Waals surface area contributed by atoms with E-state index in [-0.39, 0.29) is 18.0 Å². The molecule has 1 aliphatic carbocycles. The Morgan fingerprint density at radius 1 is 1.08 bits per heavy atom. The van der Waals surface area contributed by atoms with E-state index in [1.54, 1.807) is 29.4 Å². The van der Waals surface area contributed by atoms with E-state index < -0.39 is 17.8 Å². The number of nitrogens with two attached hydrogens (primary N) is 1. The molecule has 11 heteroatoms. The molecular weight excluding hydrogens is 471 g/mol. The Bertz CT molecular complexity index is 1440. The van der Waals surface area contributed by atoms with Crippen molar-refractivity contribution >= 4 is 22.8 Å². The molecule has 0 fully saturated rings. The molecule has 36 heavy (non-hydrogen) atoms. The van der Waals surface area contributed by atoms with Crippen LogP contribution in [0.1, 0.15) is 57.5 Å². The number of alkyl halides is 3. The summed E-state index contributed by atoms with van der Waals surface area (Å²) in [4.78, 5) is 37.0. The Hall–Kier alpha value is -4.15. The maximum Gasteiger partial charge on any atom is 0.417 e. The van der Waals surface area contributed by atoms with Gasteiger partial charge in [-0.05, 0) is 56.0 Å². The summed E-state index contributed by atoms with van der Waals surface area (Å²) in [5.41, 5.74) is 9.02. The van der Waals surface area contributed by atoms with Crippen LogP contribution < -0.4 is 5.73 Å². The van der Waals surface area contributed by atoms with Gasteiger partial charge in [-0.1, -0.05) is 0 Å². The first kappa shape index (κ1) is 23.6. The van der Waals surface area contributed by atoms with Crippen LogP contribution in [0, 0.1) is 6.92 Å². The van der Waals surface area contributed by atoms with Crippen LogP contribution in [0.4, 0.5) is 19.0 Å². The lowest BCUT2D eigenvalue weighted by Crippen LogP contribution is -2.37. The maximum atomic E-state index is 13.9. The number of carbonyl (C=O) groups excluding carboxylic acids is 1. The molecule has 4 heterocycles. The van der Waals surface area contributed by atoms with Gasteiger partial charge in [0.15, 0.2) is 0 Å². The molecule has 5 rings (SSSR count). The third-order valence-corrected chi connectivity index (χ3v) is 6.28. The fourth-order valence-electron chi connectivity index (χ4n) is 4.38. The van der Waals surface area contributed by atoms with Crippen molar-refractivity contribution < 1.29 is 18.0 Å². The van der Waals surface area contributed by atoms with E-state index in [0.717, 1.165) is 36.4 Å². The summed E-state index contributed by atoms with van der Waals surface area (Å²) in [6.07, 6.45) is 3.08. The monoisotopic (exact) mass is 493 g/mol. The highest BCUT2D eigenvalue weighted by Gasteiger charge is 2.34. The van der Waals surface area contributed by atoms with Crippen molar-refractivity contribution in [1.29, 1.82) is 0 Å². The average Bonchev–Trinajstić information content (AvgIpc) is 2.87. The van der Waals surface area contributed by atoms with Crippen molar-refractivity contribution in [3.8, 4) is 0 Å². The van der Waals surface area contributed by atoms with Crippen molar-refractivity contribution in [3.05, 3.63) is 82.8 Å². The Labute approximate surface area is 204 Å². The van der Waals surface area contributed by atoms with Crippen LogP contribution in [0.5, 0.6) is 0 Å². The number of hydrogen-bond donors (Lipinski definition) is 1. The Kier molecular flexibility index (Phi) is 5.99. The topological polar surface area (TPSA) is 111 Å². The molecule has 0 saturated heterocycles. The summed E-state index contributed by atoms with van der Waals surface area (Å²) in [5, 5.41) is 0. The quantitative estimate of drug-likeness (QED) is 0.447. The Morgan fingerprint density at radius 2 is 1.89 bits per heavy atom. The van der Waals surface area contributed by atoms with E-state index >= 15 is 0 Å². The molecule has 0 unspecified atom stereocenters. The number of amides is 1. The molecule has 0 aliphatic heterocycles. The number of hydrogen-bond acceptors (Lipinski definition) is 7. The van der Waals surface area contributed by atoms with Gasteiger partial charge in [-0.15, -0.1) is 0 Å². The molecule has 1 aliphatic rings. The maximum absolute atomic E-state index is 13.9. The van der Waals surface area contributed by atoms with Gasteiger partial charge in [0.05, 0.1) is 51.8 Å². The van der Waals surface area contributed by atoms with Gasteiger partial charge in [0.1, 0.15) is 5.82 Å². The minimum Gasteiger partial charge on any atom is -0.383 e. The fraction of sp³-hybridized carbons (Fsp3) is 0.280. The molecule has 0 radical (unpaired) electrons. The molecule has 0 aromatic carbocycles. The van der Waals surface area contributed by atoms with E-state index in [9.17, 15) is 18.0 Å². The van der Waals surface area contributed by atoms with Gasteiger partial charge < -0.3 is 10.6 Å². The first-order valence-corrected chi connectivity index (χ1v) is 11.4. The zero-order valence-electron chi connectivity index (χ0n) is 19.3. The lowest BCUT2D eigenvalue weighted by atomic mass is 9.93. The standard InChI is InChI=1S/C25H22F3N7O/c1-14-9-19-20(34-23(14)29)10-15(11-33-19)24(36)35(13-17-6-5-16(12-32-17)25(26,27)28)21-4-2-3-18-22(21)31-8-7-30-18/h5-12,21H,2-4,13H2,1H3,(H2,29,34)/t21-/m0/s1. The third kappa shape index (κ3) is 4.56. The molecule has 1 amide bonds. The number of carbonyl (C=O) groups is 1. The predicted molar refractivity (Wildman–Crippen MR) is 126 cm³/mol. The number of nitrogen functional groups attached to an aromatic ring is 1. The summed E-state index contributed by atoms with van der Waals surface area (Å²) in [6, 6.07) is 5.24. The van der Waals surface area contributed by atoms with Crippen LogP contribution in [0.15, 0.2) is 49.1 Å². The number of halogens is 3. The summed E-state index contributed by atoms with van der Waals surface area (Å²) in [5.74, 6) is -0.0215. The van der Waals surface area contributed by atoms with Gasteiger partial charge >= 0.3 is 6.18 Å². The zero-order chi connectivity index (χ0) is 25.4. The van der Waals surface area contributed by atoms with Crippen molar-refractivity contribution in [2.24, 2.45) is 0 Å². The molecule has 4 aromatic rings. The second kappa shape index (κ2) is 9.14. The van der Waals surface area contributed by atoms with Crippen LogP contribution in [0.3, 0.4) is 0 Å². The van der Waals surface area contributed by atoms with Crippen LogP contribution in [0.25, 0.3) is 11.0 Å². The number of rotatable bonds is 4. The molecule has 4 aromatic heterocycles. The average molecular weight is 493 g/mol. The van der Waals surface area contributed by atoms with Crippen molar-refractivity contribution in [2.75, 3.05) is 5.73 Å². The first-order chi connectivity index (χ1) is 17.2. The Morgan fingerprint density at radius 3 is 2.64 bits per heavy atom. The van der Waals surface area contributed by atoms with Crippen molar-refractivity contribution in [1.82, 2.24) is 29.8 Å². The van der Waals surface area contributed by atoms with Gasteiger partial charge in [0.2, 0.25) is 0 Å². The number of pyridine rings is 3. The summed E-state index contributed by atoms with van der Waals surface area (Å²) in [7, 11) is 0. The van der Waals surface area contributed by atoms with E-state index in [2.05, 4.69) is 24.9 Å². The fourth-order valence-corrected chi connectivity index (χ4v) is 4.38. The summed E-state index contributed by atoms with van der Waals surface area (Å²) >= 11 is 0. The molecule has 184 valence electrons. The van der Waals surface area contributed by atoms with Crippen molar-refractivity contribution in [3.63, 3.8) is 0 Å². The molecule has 0 saturated carbocycles. The van der Waals surface area contributed by atoms with Gasteiger partial charge in [-0.25, -0.2) is 4.98 Å². The number of nitrogens with zero attached hydrogens (tertiary/aromatic N) is 6. The van der Waals surface area contributed by atoms with E-state index in [0.29, 0.717) is 34.7 Å². The van der Waals surface area contributed by atoms with Crippen LogP contribution in [-0.2, 0) is 19.1 Å². The Balaban J connectivity index is 1.54. The van der Waals surface area contributed by atoms with Crippen molar-refractivity contribution in [2.45, 2.75) is 44.9 Å². The number of aromatic nitrogens is 5. The molecule has 0 spiro atoms. The number of anilines is 1. The van der Waals surface area contributed by atoms with E-state index in [4.69, 9.17) is 5.73 Å². The second-order valence-electron chi connectivity index (χ2n) is 8.72. The minimum atomic E-state index is -4.50. The largest absolute Gasteiger partial charge is 0.417 e. The highest BCUT2D eigenvalue weighted by atomic mass is 19.4. The molecule has 0 bridgehead atoms. The van der Waals surface area contributed by atoms with Crippen LogP contribution >= 0.6 is 0 Å². The van der Waals surface area contributed by atoms with Gasteiger partial charge in [-0.2, -0.15) is 13.2 Å². The van der Waals surface area contributed by atoms with Gasteiger partial charge in [0, 0.05) is 24.8 Å².